The molecule has 1 unspecified atom stereocenters. The third kappa shape index (κ3) is 7.30. The summed E-state index contributed by atoms with van der Waals surface area (Å²) in [5, 5.41) is 10.9. The van der Waals surface area contributed by atoms with E-state index in [-0.39, 0.29) is 24.8 Å². The van der Waals surface area contributed by atoms with E-state index in [1.54, 1.807) is 6.20 Å². The number of rotatable bonds is 7. The van der Waals surface area contributed by atoms with Crippen molar-refractivity contribution in [2.75, 3.05) is 44.2 Å². The average molecular weight is 449 g/mol. The first-order valence-corrected chi connectivity index (χ1v) is 9.44. The normalized spacial score (nSPS) is 15.3. The molecule has 1 aliphatic heterocycles. The van der Waals surface area contributed by atoms with Gasteiger partial charge in [0.1, 0.15) is 12.4 Å². The van der Waals surface area contributed by atoms with Crippen LogP contribution in [0.3, 0.4) is 0 Å². The number of anilines is 1. The Morgan fingerprint density at radius 2 is 1.93 bits per heavy atom. The van der Waals surface area contributed by atoms with E-state index < -0.39 is 6.10 Å². The average Bonchev–Trinajstić information content (AvgIpc) is 2.68. The van der Waals surface area contributed by atoms with Crippen molar-refractivity contribution < 1.29 is 9.84 Å². The fourth-order valence-electron chi connectivity index (χ4n) is 3.08. The first-order valence-electron chi connectivity index (χ1n) is 9.06. The summed E-state index contributed by atoms with van der Waals surface area (Å²) >= 11 is 6.01. The first-order chi connectivity index (χ1) is 12.6. The Kier molecular flexibility index (Phi) is 10.9. The molecule has 1 aliphatic rings. The number of aryl methyl sites for hydroxylation is 1. The molecule has 1 aromatic carbocycles. The van der Waals surface area contributed by atoms with E-state index in [4.69, 9.17) is 16.3 Å². The highest BCUT2D eigenvalue weighted by atomic mass is 35.5. The lowest BCUT2D eigenvalue weighted by atomic mass is 10.2. The second-order valence-electron chi connectivity index (χ2n) is 6.70. The lowest BCUT2D eigenvalue weighted by Crippen LogP contribution is -2.47. The fraction of sp³-hybridized carbons (Fsp3) is 0.450. The number of hydrogen-bond donors (Lipinski definition) is 1. The molecule has 2 aromatic rings. The summed E-state index contributed by atoms with van der Waals surface area (Å²) in [5.74, 6) is 0.746. The van der Waals surface area contributed by atoms with Gasteiger partial charge in [-0.15, -0.1) is 24.8 Å². The SMILES string of the molecule is Cc1cc(OCC(O)CCN2CCN(c3cccnc3)CC2)ccc1Cl.Cl.Cl. The molecule has 156 valence electrons. The minimum atomic E-state index is -0.470. The fourth-order valence-corrected chi connectivity index (χ4v) is 3.20. The summed E-state index contributed by atoms with van der Waals surface area (Å²) in [6, 6.07) is 9.62. The maximum atomic E-state index is 10.2. The van der Waals surface area contributed by atoms with Gasteiger partial charge in [0.15, 0.2) is 0 Å². The zero-order chi connectivity index (χ0) is 18.4. The van der Waals surface area contributed by atoms with Gasteiger partial charge < -0.3 is 14.7 Å². The van der Waals surface area contributed by atoms with Gasteiger partial charge in [0.05, 0.1) is 18.0 Å². The molecule has 1 fully saturated rings. The molecule has 0 amide bonds. The van der Waals surface area contributed by atoms with E-state index in [2.05, 4.69) is 20.9 Å². The molecule has 0 bridgehead atoms. The van der Waals surface area contributed by atoms with E-state index in [0.717, 1.165) is 49.1 Å². The molecule has 8 heteroatoms. The number of halogens is 3. The van der Waals surface area contributed by atoms with Gasteiger partial charge in [-0.3, -0.25) is 9.88 Å². The van der Waals surface area contributed by atoms with Crippen LogP contribution in [-0.2, 0) is 0 Å². The Bertz CT molecular complexity index is 698. The summed E-state index contributed by atoms with van der Waals surface area (Å²) in [6.45, 7) is 7.10. The van der Waals surface area contributed by atoms with Crippen molar-refractivity contribution >= 4 is 42.1 Å². The van der Waals surface area contributed by atoms with Crippen molar-refractivity contribution in [2.45, 2.75) is 19.4 Å². The molecular formula is C20H28Cl3N3O2. The van der Waals surface area contributed by atoms with Crippen LogP contribution in [0.2, 0.25) is 5.02 Å². The number of aliphatic hydroxyl groups excluding tert-OH is 1. The van der Waals surface area contributed by atoms with Crippen molar-refractivity contribution in [3.8, 4) is 5.75 Å². The van der Waals surface area contributed by atoms with E-state index in [1.165, 1.54) is 5.69 Å². The zero-order valence-electron chi connectivity index (χ0n) is 16.0. The topological polar surface area (TPSA) is 48.8 Å². The van der Waals surface area contributed by atoms with Crippen LogP contribution in [0.5, 0.6) is 5.75 Å². The van der Waals surface area contributed by atoms with Crippen LogP contribution < -0.4 is 9.64 Å². The van der Waals surface area contributed by atoms with E-state index in [1.807, 2.05) is 37.4 Å². The van der Waals surface area contributed by atoms with Gasteiger partial charge in [-0.25, -0.2) is 0 Å². The van der Waals surface area contributed by atoms with Gasteiger partial charge in [0, 0.05) is 43.9 Å². The third-order valence-electron chi connectivity index (χ3n) is 4.73. The number of ether oxygens (including phenoxy) is 1. The van der Waals surface area contributed by atoms with Crippen molar-refractivity contribution in [2.24, 2.45) is 0 Å². The van der Waals surface area contributed by atoms with Crippen LogP contribution in [0.25, 0.3) is 0 Å². The van der Waals surface area contributed by atoms with Crippen LogP contribution in [-0.4, -0.2) is 60.4 Å². The molecule has 1 saturated heterocycles. The van der Waals surface area contributed by atoms with Crippen LogP contribution in [0.1, 0.15) is 12.0 Å². The number of benzene rings is 1. The molecule has 5 nitrogen and oxygen atoms in total. The molecule has 28 heavy (non-hydrogen) atoms. The van der Waals surface area contributed by atoms with Crippen molar-refractivity contribution in [1.29, 1.82) is 0 Å². The predicted molar refractivity (Wildman–Crippen MR) is 120 cm³/mol. The molecule has 0 radical (unpaired) electrons. The summed E-state index contributed by atoms with van der Waals surface area (Å²) in [4.78, 5) is 8.93. The smallest absolute Gasteiger partial charge is 0.119 e. The molecule has 0 spiro atoms. The maximum Gasteiger partial charge on any atom is 0.119 e. The molecular weight excluding hydrogens is 421 g/mol. The molecule has 0 saturated carbocycles. The number of hydrogen-bond acceptors (Lipinski definition) is 5. The Morgan fingerprint density at radius 1 is 1.18 bits per heavy atom. The van der Waals surface area contributed by atoms with Gasteiger partial charge in [0.2, 0.25) is 0 Å². The van der Waals surface area contributed by atoms with Gasteiger partial charge in [-0.1, -0.05) is 11.6 Å². The van der Waals surface area contributed by atoms with Crippen LogP contribution in [0, 0.1) is 6.92 Å². The summed E-state index contributed by atoms with van der Waals surface area (Å²) in [5.41, 5.74) is 2.16. The number of piperazine rings is 1. The minimum absolute atomic E-state index is 0. The predicted octanol–water partition coefficient (Wildman–Crippen LogP) is 3.84. The summed E-state index contributed by atoms with van der Waals surface area (Å²) < 4.78 is 5.68. The van der Waals surface area contributed by atoms with Crippen LogP contribution in [0.4, 0.5) is 5.69 Å². The van der Waals surface area contributed by atoms with Gasteiger partial charge in [-0.2, -0.15) is 0 Å². The first kappa shape index (κ1) is 24.8. The molecule has 2 heterocycles. The number of nitrogens with zero attached hydrogens (tertiary/aromatic N) is 3. The number of aliphatic hydroxyl groups is 1. The maximum absolute atomic E-state index is 10.2. The highest BCUT2D eigenvalue weighted by Gasteiger charge is 2.18. The molecule has 0 aliphatic carbocycles. The molecule has 3 rings (SSSR count). The Hall–Kier alpha value is -1.24. The quantitative estimate of drug-likeness (QED) is 0.697. The Balaban J connectivity index is 0.00000196. The summed E-state index contributed by atoms with van der Waals surface area (Å²) in [7, 11) is 0. The van der Waals surface area contributed by atoms with E-state index in [0.29, 0.717) is 13.0 Å². The number of aromatic nitrogens is 1. The lowest BCUT2D eigenvalue weighted by Gasteiger charge is -2.36. The second kappa shape index (κ2) is 12.3. The molecule has 1 aromatic heterocycles. The molecule has 1 atom stereocenters. The van der Waals surface area contributed by atoms with Gasteiger partial charge >= 0.3 is 0 Å². The van der Waals surface area contributed by atoms with E-state index in [9.17, 15) is 5.11 Å². The Morgan fingerprint density at radius 3 is 2.57 bits per heavy atom. The van der Waals surface area contributed by atoms with Crippen molar-refractivity contribution in [3.63, 3.8) is 0 Å². The van der Waals surface area contributed by atoms with Crippen molar-refractivity contribution in [1.82, 2.24) is 9.88 Å². The monoisotopic (exact) mass is 447 g/mol. The van der Waals surface area contributed by atoms with Crippen LogP contribution in [0.15, 0.2) is 42.7 Å². The third-order valence-corrected chi connectivity index (χ3v) is 5.16. The zero-order valence-corrected chi connectivity index (χ0v) is 18.3. The van der Waals surface area contributed by atoms with Gasteiger partial charge in [-0.05, 0) is 49.2 Å². The Labute approximate surface area is 184 Å². The highest BCUT2D eigenvalue weighted by Crippen LogP contribution is 2.21. The van der Waals surface area contributed by atoms with Crippen LogP contribution >= 0.6 is 36.4 Å². The van der Waals surface area contributed by atoms with Crippen molar-refractivity contribution in [3.05, 3.63) is 53.3 Å². The minimum Gasteiger partial charge on any atom is -0.491 e. The lowest BCUT2D eigenvalue weighted by molar-refractivity contribution is 0.0866. The molecule has 1 N–H and O–H groups in total. The van der Waals surface area contributed by atoms with E-state index >= 15 is 0 Å². The largest absolute Gasteiger partial charge is 0.491 e. The second-order valence-corrected chi connectivity index (χ2v) is 7.11. The highest BCUT2D eigenvalue weighted by molar-refractivity contribution is 6.31. The van der Waals surface area contributed by atoms with Gasteiger partial charge in [0.25, 0.3) is 0 Å². The number of pyridine rings is 1. The summed E-state index contributed by atoms with van der Waals surface area (Å²) in [6.07, 6.45) is 3.95. The standard InChI is InChI=1S/C20H26ClN3O2.2ClH/c1-16-13-19(4-5-20(16)21)26-15-18(25)6-8-23-9-11-24(12-10-23)17-3-2-7-22-14-17;;/h2-5,7,13-14,18,25H,6,8-12,15H2,1H3;2*1H.